The first kappa shape index (κ1) is 10.4. The van der Waals surface area contributed by atoms with Gasteiger partial charge < -0.3 is 5.11 Å². The van der Waals surface area contributed by atoms with E-state index in [1.54, 1.807) is 6.08 Å². The second-order valence-corrected chi connectivity index (χ2v) is 2.65. The molecule has 0 aliphatic heterocycles. The van der Waals surface area contributed by atoms with Crippen molar-refractivity contribution in [3.8, 4) is 0 Å². The number of hydrogen-bond donors (Lipinski definition) is 1. The average molecular weight is 154 g/mol. The highest BCUT2D eigenvalue weighted by Crippen LogP contribution is 1.98. The Morgan fingerprint density at radius 2 is 2.18 bits per heavy atom. The molecule has 1 heteroatoms. The van der Waals surface area contributed by atoms with Gasteiger partial charge in [0, 0.05) is 0 Å². The van der Waals surface area contributed by atoms with Crippen LogP contribution in [0.3, 0.4) is 0 Å². The minimum Gasteiger partial charge on any atom is -0.389 e. The van der Waals surface area contributed by atoms with E-state index in [1.807, 2.05) is 6.08 Å². The predicted octanol–water partition coefficient (Wildman–Crippen LogP) is 2.67. The molecule has 0 aliphatic rings. The normalized spacial score (nSPS) is 13.6. The van der Waals surface area contributed by atoms with Gasteiger partial charge >= 0.3 is 0 Å². The first-order valence-corrected chi connectivity index (χ1v) is 4.26. The first-order valence-electron chi connectivity index (χ1n) is 4.26. The van der Waals surface area contributed by atoms with E-state index >= 15 is 0 Å². The van der Waals surface area contributed by atoms with Gasteiger partial charge in [0.1, 0.15) is 0 Å². The molecule has 0 fully saturated rings. The van der Waals surface area contributed by atoms with Gasteiger partial charge in [0.15, 0.2) is 0 Å². The lowest BCUT2D eigenvalue weighted by molar-refractivity contribution is 0.227. The van der Waals surface area contributed by atoms with Crippen molar-refractivity contribution in [1.29, 1.82) is 0 Å². The van der Waals surface area contributed by atoms with Gasteiger partial charge in [-0.15, -0.1) is 6.58 Å². The van der Waals surface area contributed by atoms with Crippen molar-refractivity contribution >= 4 is 0 Å². The summed E-state index contributed by atoms with van der Waals surface area (Å²) in [6.07, 6.45) is 9.62. The van der Waals surface area contributed by atoms with Gasteiger partial charge in [-0.2, -0.15) is 0 Å². The van der Waals surface area contributed by atoms with E-state index in [0.717, 1.165) is 6.42 Å². The second-order valence-electron chi connectivity index (χ2n) is 2.65. The Balaban J connectivity index is 3.21. The highest BCUT2D eigenvalue weighted by molar-refractivity contribution is 4.89. The molecule has 64 valence electrons. The molecule has 0 unspecified atom stereocenters. The number of aliphatic hydroxyl groups is 1. The standard InChI is InChI=1S/C10H18O/c1-3-5-6-7-8-9-10(11)4-2/h4,7-8,10-11H,2-3,5-6,9H2,1H3/b8-7+/t10-/m0/s1. The van der Waals surface area contributed by atoms with Gasteiger partial charge in [0.05, 0.1) is 6.10 Å². The fourth-order valence-corrected chi connectivity index (χ4v) is 0.772. The van der Waals surface area contributed by atoms with Crippen molar-refractivity contribution < 1.29 is 5.11 Å². The van der Waals surface area contributed by atoms with Gasteiger partial charge in [-0.3, -0.25) is 0 Å². The van der Waals surface area contributed by atoms with Crippen molar-refractivity contribution in [3.63, 3.8) is 0 Å². The van der Waals surface area contributed by atoms with Crippen LogP contribution in [0.4, 0.5) is 0 Å². The molecule has 1 atom stereocenters. The maximum atomic E-state index is 9.05. The molecule has 0 aromatic rings. The van der Waals surface area contributed by atoms with E-state index in [1.165, 1.54) is 12.8 Å². The number of rotatable bonds is 6. The molecule has 0 aromatic carbocycles. The van der Waals surface area contributed by atoms with Crippen LogP contribution in [0.25, 0.3) is 0 Å². The molecule has 0 aromatic heterocycles. The van der Waals surface area contributed by atoms with Crippen LogP contribution in [-0.4, -0.2) is 11.2 Å². The van der Waals surface area contributed by atoms with Crippen LogP contribution in [0.5, 0.6) is 0 Å². The lowest BCUT2D eigenvalue weighted by atomic mass is 10.2. The van der Waals surface area contributed by atoms with Gasteiger partial charge in [-0.05, 0) is 12.8 Å². The summed E-state index contributed by atoms with van der Waals surface area (Å²) in [6.45, 7) is 5.66. The molecule has 11 heavy (non-hydrogen) atoms. The Hall–Kier alpha value is -0.560. The summed E-state index contributed by atoms with van der Waals surface area (Å²) in [4.78, 5) is 0. The molecule has 0 saturated carbocycles. The van der Waals surface area contributed by atoms with Gasteiger partial charge in [-0.25, -0.2) is 0 Å². The highest BCUT2D eigenvalue weighted by Gasteiger charge is 1.90. The monoisotopic (exact) mass is 154 g/mol. The first-order chi connectivity index (χ1) is 5.31. The summed E-state index contributed by atoms with van der Waals surface area (Å²) in [5.74, 6) is 0. The zero-order valence-electron chi connectivity index (χ0n) is 7.29. The molecule has 0 radical (unpaired) electrons. The maximum absolute atomic E-state index is 9.05. The number of allylic oxidation sites excluding steroid dienone is 1. The molecule has 0 spiro atoms. The van der Waals surface area contributed by atoms with Crippen molar-refractivity contribution in [1.82, 2.24) is 0 Å². The Morgan fingerprint density at radius 3 is 2.73 bits per heavy atom. The zero-order chi connectivity index (χ0) is 8.53. The largest absolute Gasteiger partial charge is 0.389 e. The van der Waals surface area contributed by atoms with E-state index in [-0.39, 0.29) is 6.10 Å². The molecule has 1 N–H and O–H groups in total. The number of unbranched alkanes of at least 4 members (excludes halogenated alkanes) is 2. The lowest BCUT2D eigenvalue weighted by Crippen LogP contribution is -1.97. The smallest absolute Gasteiger partial charge is 0.0752 e. The van der Waals surface area contributed by atoms with E-state index in [4.69, 9.17) is 5.11 Å². The minimum atomic E-state index is -0.368. The topological polar surface area (TPSA) is 20.2 Å². The molecule has 0 saturated heterocycles. The quantitative estimate of drug-likeness (QED) is 0.460. The summed E-state index contributed by atoms with van der Waals surface area (Å²) in [5, 5.41) is 9.05. The summed E-state index contributed by atoms with van der Waals surface area (Å²) >= 11 is 0. The van der Waals surface area contributed by atoms with E-state index in [9.17, 15) is 0 Å². The van der Waals surface area contributed by atoms with E-state index in [2.05, 4.69) is 19.6 Å². The lowest BCUT2D eigenvalue weighted by Gasteiger charge is -1.97. The predicted molar refractivity (Wildman–Crippen MR) is 49.5 cm³/mol. The fourth-order valence-electron chi connectivity index (χ4n) is 0.772. The van der Waals surface area contributed by atoms with Crippen molar-refractivity contribution in [3.05, 3.63) is 24.8 Å². The second kappa shape index (κ2) is 7.55. The molecule has 0 rings (SSSR count). The minimum absolute atomic E-state index is 0.368. The van der Waals surface area contributed by atoms with Crippen molar-refractivity contribution in [2.24, 2.45) is 0 Å². The Bertz CT molecular complexity index is 116. The van der Waals surface area contributed by atoms with Gasteiger partial charge in [0.2, 0.25) is 0 Å². The summed E-state index contributed by atoms with van der Waals surface area (Å²) in [7, 11) is 0. The molecule has 0 heterocycles. The highest BCUT2D eigenvalue weighted by atomic mass is 16.3. The summed E-state index contributed by atoms with van der Waals surface area (Å²) < 4.78 is 0. The number of hydrogen-bond acceptors (Lipinski definition) is 1. The molecule has 0 bridgehead atoms. The number of aliphatic hydroxyl groups excluding tert-OH is 1. The summed E-state index contributed by atoms with van der Waals surface area (Å²) in [6, 6.07) is 0. The molecular formula is C10H18O. The zero-order valence-corrected chi connectivity index (χ0v) is 7.29. The van der Waals surface area contributed by atoms with Crippen LogP contribution in [0, 0.1) is 0 Å². The van der Waals surface area contributed by atoms with Gasteiger partial charge in [0.25, 0.3) is 0 Å². The molecule has 0 amide bonds. The van der Waals surface area contributed by atoms with Crippen molar-refractivity contribution in [2.75, 3.05) is 0 Å². The Morgan fingerprint density at radius 1 is 1.45 bits per heavy atom. The third-order valence-corrected chi connectivity index (χ3v) is 1.54. The molecular weight excluding hydrogens is 136 g/mol. The maximum Gasteiger partial charge on any atom is 0.0752 e. The third-order valence-electron chi connectivity index (χ3n) is 1.54. The third kappa shape index (κ3) is 7.34. The fraction of sp³-hybridized carbons (Fsp3) is 0.600. The van der Waals surface area contributed by atoms with Crippen molar-refractivity contribution in [2.45, 2.75) is 38.7 Å². The van der Waals surface area contributed by atoms with E-state index < -0.39 is 0 Å². The van der Waals surface area contributed by atoms with Crippen LogP contribution in [-0.2, 0) is 0 Å². The van der Waals surface area contributed by atoms with Crippen LogP contribution in [0.2, 0.25) is 0 Å². The van der Waals surface area contributed by atoms with Gasteiger partial charge in [-0.1, -0.05) is 38.0 Å². The average Bonchev–Trinajstić information content (AvgIpc) is 2.04. The molecule has 0 aliphatic carbocycles. The van der Waals surface area contributed by atoms with Crippen LogP contribution < -0.4 is 0 Å². The Labute approximate surface area is 69.4 Å². The van der Waals surface area contributed by atoms with E-state index in [0.29, 0.717) is 6.42 Å². The SMILES string of the molecule is C=C[C@H](O)C/C=C/CCCC. The van der Waals surface area contributed by atoms with Crippen LogP contribution >= 0.6 is 0 Å². The molecule has 1 nitrogen and oxygen atoms in total. The Kier molecular flexibility index (Phi) is 7.16. The van der Waals surface area contributed by atoms with Crippen LogP contribution in [0.1, 0.15) is 32.6 Å². The van der Waals surface area contributed by atoms with Crippen LogP contribution in [0.15, 0.2) is 24.8 Å². The summed E-state index contributed by atoms with van der Waals surface area (Å²) in [5.41, 5.74) is 0.